The molecule has 0 fully saturated rings. The quantitative estimate of drug-likeness (QED) is 0.909. The molecule has 4 nitrogen and oxygen atoms in total. The zero-order valence-corrected chi connectivity index (χ0v) is 10.1. The fourth-order valence-electron chi connectivity index (χ4n) is 1.36. The largest absolute Gasteiger partial charge is 0.437 e. The van der Waals surface area contributed by atoms with Crippen LogP contribution in [-0.4, -0.2) is 9.97 Å². The van der Waals surface area contributed by atoms with Gasteiger partial charge in [0.15, 0.2) is 5.75 Å². The Morgan fingerprint density at radius 2 is 2.24 bits per heavy atom. The topological polar surface area (TPSA) is 61.0 Å². The summed E-state index contributed by atoms with van der Waals surface area (Å²) in [5, 5.41) is 0.544. The number of aryl methyl sites for hydroxylation is 1. The van der Waals surface area contributed by atoms with Crippen LogP contribution in [0.15, 0.2) is 30.6 Å². The van der Waals surface area contributed by atoms with Crippen molar-refractivity contribution in [1.82, 2.24) is 9.97 Å². The van der Waals surface area contributed by atoms with E-state index >= 15 is 0 Å². The number of aromatic nitrogens is 2. The molecule has 0 spiro atoms. The van der Waals surface area contributed by atoms with Crippen molar-refractivity contribution in [2.75, 3.05) is 0 Å². The Kier molecular flexibility index (Phi) is 3.56. The Bertz CT molecular complexity index is 531. The molecule has 2 N–H and O–H groups in total. The first-order valence-corrected chi connectivity index (χ1v) is 5.52. The van der Waals surface area contributed by atoms with Crippen LogP contribution in [0.1, 0.15) is 11.3 Å². The highest BCUT2D eigenvalue weighted by Crippen LogP contribution is 2.24. The van der Waals surface area contributed by atoms with Gasteiger partial charge < -0.3 is 10.5 Å². The maximum atomic E-state index is 5.92. The lowest BCUT2D eigenvalue weighted by Crippen LogP contribution is -1.99. The van der Waals surface area contributed by atoms with E-state index in [-0.39, 0.29) is 0 Å². The Morgan fingerprint density at radius 1 is 1.41 bits per heavy atom. The van der Waals surface area contributed by atoms with Gasteiger partial charge in [-0.2, -0.15) is 0 Å². The monoisotopic (exact) mass is 249 g/mol. The van der Waals surface area contributed by atoms with Gasteiger partial charge >= 0.3 is 0 Å². The zero-order valence-electron chi connectivity index (χ0n) is 9.35. The molecule has 5 heteroatoms. The zero-order chi connectivity index (χ0) is 12.3. The van der Waals surface area contributed by atoms with Crippen LogP contribution in [0.2, 0.25) is 5.02 Å². The lowest BCUT2D eigenvalue weighted by molar-refractivity contribution is 0.456. The average Bonchev–Trinajstić information content (AvgIpc) is 2.34. The predicted octanol–water partition coefficient (Wildman–Crippen LogP) is 2.69. The third-order valence-corrected chi connectivity index (χ3v) is 2.64. The fraction of sp³-hybridized carbons (Fsp3) is 0.167. The molecule has 88 valence electrons. The molecular formula is C12H12ClN3O. The molecule has 0 aliphatic rings. The molecule has 0 radical (unpaired) electrons. The summed E-state index contributed by atoms with van der Waals surface area (Å²) < 4.78 is 5.62. The fourth-order valence-corrected chi connectivity index (χ4v) is 1.54. The minimum Gasteiger partial charge on any atom is -0.437 e. The number of pyridine rings is 2. The summed E-state index contributed by atoms with van der Waals surface area (Å²) in [7, 11) is 0. The lowest BCUT2D eigenvalue weighted by Gasteiger charge is -2.08. The van der Waals surface area contributed by atoms with E-state index in [0.29, 0.717) is 23.2 Å². The minimum atomic E-state index is 0.351. The maximum Gasteiger partial charge on any atom is 0.219 e. The molecule has 2 rings (SSSR count). The lowest BCUT2D eigenvalue weighted by atomic mass is 10.2. The Hall–Kier alpha value is -1.65. The van der Waals surface area contributed by atoms with E-state index in [9.17, 15) is 0 Å². The average molecular weight is 250 g/mol. The van der Waals surface area contributed by atoms with E-state index in [1.165, 1.54) is 6.20 Å². The van der Waals surface area contributed by atoms with Crippen LogP contribution >= 0.6 is 11.6 Å². The number of hydrogen-bond acceptors (Lipinski definition) is 4. The molecule has 2 aromatic rings. The highest BCUT2D eigenvalue weighted by Gasteiger charge is 2.05. The van der Waals surface area contributed by atoms with Crippen molar-refractivity contribution in [2.24, 2.45) is 5.73 Å². The van der Waals surface area contributed by atoms with E-state index in [1.807, 2.05) is 19.1 Å². The van der Waals surface area contributed by atoms with Crippen molar-refractivity contribution in [3.8, 4) is 11.6 Å². The number of nitrogens with zero attached hydrogens (tertiary/aromatic N) is 2. The highest BCUT2D eigenvalue weighted by atomic mass is 35.5. The molecule has 0 unspecified atom stereocenters. The van der Waals surface area contributed by atoms with Crippen molar-refractivity contribution in [2.45, 2.75) is 13.5 Å². The molecule has 0 saturated heterocycles. The molecule has 2 aromatic heterocycles. The summed E-state index contributed by atoms with van der Waals surface area (Å²) in [5.41, 5.74) is 7.17. The normalized spacial score (nSPS) is 10.3. The van der Waals surface area contributed by atoms with Gasteiger partial charge in [-0.15, -0.1) is 0 Å². The predicted molar refractivity (Wildman–Crippen MR) is 66.2 cm³/mol. The minimum absolute atomic E-state index is 0.351. The second-order valence-electron chi connectivity index (χ2n) is 3.51. The van der Waals surface area contributed by atoms with Gasteiger partial charge in [0.05, 0.1) is 10.7 Å². The first-order chi connectivity index (χ1) is 8.20. The Morgan fingerprint density at radius 3 is 2.94 bits per heavy atom. The van der Waals surface area contributed by atoms with Gasteiger partial charge in [-0.1, -0.05) is 11.6 Å². The standard InChI is InChI=1S/C12H12ClN3O/c1-8-11(3-2-4-15-8)17-12-5-9(6-14)10(13)7-16-12/h2-5,7H,6,14H2,1H3. The van der Waals surface area contributed by atoms with Crippen LogP contribution in [0, 0.1) is 6.92 Å². The molecule has 0 aliphatic heterocycles. The van der Waals surface area contributed by atoms with Crippen LogP contribution in [0.5, 0.6) is 11.6 Å². The molecule has 0 bridgehead atoms. The summed E-state index contributed by atoms with van der Waals surface area (Å²) in [6.45, 7) is 2.22. The van der Waals surface area contributed by atoms with Crippen LogP contribution in [0.4, 0.5) is 0 Å². The van der Waals surface area contributed by atoms with Crippen LogP contribution < -0.4 is 10.5 Å². The van der Waals surface area contributed by atoms with Gasteiger partial charge in [0.2, 0.25) is 5.88 Å². The van der Waals surface area contributed by atoms with E-state index in [2.05, 4.69) is 9.97 Å². The molecule has 0 aromatic carbocycles. The van der Waals surface area contributed by atoms with Gasteiger partial charge in [0.1, 0.15) is 0 Å². The van der Waals surface area contributed by atoms with Crippen molar-refractivity contribution in [3.05, 3.63) is 46.9 Å². The molecule has 0 saturated carbocycles. The molecule has 0 amide bonds. The Labute approximate surface area is 104 Å². The van der Waals surface area contributed by atoms with E-state index in [1.54, 1.807) is 12.3 Å². The van der Waals surface area contributed by atoms with E-state index < -0.39 is 0 Å². The third-order valence-electron chi connectivity index (χ3n) is 2.30. The first kappa shape index (κ1) is 11.8. The van der Waals surface area contributed by atoms with Crippen molar-refractivity contribution in [3.63, 3.8) is 0 Å². The van der Waals surface area contributed by atoms with Crippen LogP contribution in [0.25, 0.3) is 0 Å². The van der Waals surface area contributed by atoms with Gasteiger partial charge in [-0.05, 0) is 24.6 Å². The Balaban J connectivity index is 2.28. The van der Waals surface area contributed by atoms with Gasteiger partial charge in [0.25, 0.3) is 0 Å². The summed E-state index contributed by atoms with van der Waals surface area (Å²) in [5.74, 6) is 1.14. The van der Waals surface area contributed by atoms with Crippen LogP contribution in [-0.2, 0) is 6.54 Å². The summed E-state index contributed by atoms with van der Waals surface area (Å²) in [6.07, 6.45) is 3.24. The number of rotatable bonds is 3. The van der Waals surface area contributed by atoms with Gasteiger partial charge in [-0.25, -0.2) is 4.98 Å². The number of halogens is 1. The molecule has 0 aliphatic carbocycles. The number of hydrogen-bond donors (Lipinski definition) is 1. The molecule has 0 atom stereocenters. The van der Waals surface area contributed by atoms with Crippen molar-refractivity contribution < 1.29 is 4.74 Å². The third kappa shape index (κ3) is 2.72. The number of ether oxygens (including phenoxy) is 1. The van der Waals surface area contributed by atoms with E-state index in [0.717, 1.165) is 11.3 Å². The molecule has 2 heterocycles. The number of nitrogens with two attached hydrogens (primary N) is 1. The summed E-state index contributed by atoms with van der Waals surface area (Å²) in [4.78, 5) is 8.22. The second kappa shape index (κ2) is 5.12. The summed E-state index contributed by atoms with van der Waals surface area (Å²) >= 11 is 5.92. The molecule has 17 heavy (non-hydrogen) atoms. The van der Waals surface area contributed by atoms with Crippen LogP contribution in [0.3, 0.4) is 0 Å². The van der Waals surface area contributed by atoms with Gasteiger partial charge in [0, 0.05) is 25.0 Å². The SMILES string of the molecule is Cc1ncccc1Oc1cc(CN)c(Cl)cn1. The highest BCUT2D eigenvalue weighted by molar-refractivity contribution is 6.31. The second-order valence-corrected chi connectivity index (χ2v) is 3.91. The molecular weight excluding hydrogens is 238 g/mol. The van der Waals surface area contributed by atoms with Crippen molar-refractivity contribution in [1.29, 1.82) is 0 Å². The summed E-state index contributed by atoms with van der Waals surface area (Å²) in [6, 6.07) is 5.37. The van der Waals surface area contributed by atoms with E-state index in [4.69, 9.17) is 22.1 Å². The van der Waals surface area contributed by atoms with Crippen molar-refractivity contribution >= 4 is 11.6 Å². The maximum absolute atomic E-state index is 5.92. The van der Waals surface area contributed by atoms with Gasteiger partial charge in [-0.3, -0.25) is 4.98 Å². The smallest absolute Gasteiger partial charge is 0.219 e. The first-order valence-electron chi connectivity index (χ1n) is 5.14.